The Morgan fingerprint density at radius 2 is 1.63 bits per heavy atom. The lowest BCUT2D eigenvalue weighted by Gasteiger charge is -2.43. The van der Waals surface area contributed by atoms with E-state index in [0.29, 0.717) is 12.8 Å². The Balaban J connectivity index is 2.05. The van der Waals surface area contributed by atoms with Crippen molar-refractivity contribution in [3.8, 4) is 0 Å². The third-order valence-corrected chi connectivity index (χ3v) is 6.47. The van der Waals surface area contributed by atoms with E-state index in [1.165, 1.54) is 14.2 Å². The Morgan fingerprint density at radius 3 is 2.27 bits per heavy atom. The Labute approximate surface area is 236 Å². The molecule has 2 fully saturated rings. The summed E-state index contributed by atoms with van der Waals surface area (Å²) in [7, 11) is 2.55. The highest BCUT2D eigenvalue weighted by molar-refractivity contribution is 5.81. The molecule has 0 aromatic carbocycles. The summed E-state index contributed by atoms with van der Waals surface area (Å²) in [5.41, 5.74) is 8.37. The summed E-state index contributed by atoms with van der Waals surface area (Å²) in [5, 5.41) is 57.7. The second kappa shape index (κ2) is 17.6. The van der Waals surface area contributed by atoms with Crippen molar-refractivity contribution < 1.29 is 68.3 Å². The molecule has 2 aliphatic heterocycles. The number of esters is 1. The van der Waals surface area contributed by atoms with Crippen molar-refractivity contribution >= 4 is 12.1 Å². The number of hydrogen-bond acceptors (Lipinski definition) is 15. The van der Waals surface area contributed by atoms with Crippen molar-refractivity contribution in [2.75, 3.05) is 40.6 Å². The average Bonchev–Trinajstić information content (AvgIpc) is 2.95. The third-order valence-electron chi connectivity index (χ3n) is 6.47. The predicted molar refractivity (Wildman–Crippen MR) is 134 cm³/mol. The van der Waals surface area contributed by atoms with Crippen molar-refractivity contribution in [1.29, 1.82) is 0 Å². The van der Waals surface area contributed by atoms with Gasteiger partial charge in [-0.05, 0) is 25.3 Å². The molecule has 0 aromatic heterocycles. The van der Waals surface area contributed by atoms with Gasteiger partial charge in [0.1, 0.15) is 48.8 Å². The van der Waals surface area contributed by atoms with Crippen LogP contribution in [0.1, 0.15) is 26.2 Å². The van der Waals surface area contributed by atoms with E-state index in [2.05, 4.69) is 15.3 Å². The van der Waals surface area contributed by atoms with Crippen LogP contribution in [0.3, 0.4) is 0 Å². The number of hydrogen-bond donors (Lipinski definition) is 6. The van der Waals surface area contributed by atoms with Gasteiger partial charge in [0, 0.05) is 25.7 Å². The second-order valence-corrected chi connectivity index (χ2v) is 9.33. The van der Waals surface area contributed by atoms with Crippen LogP contribution < -0.4 is 5.32 Å². The van der Waals surface area contributed by atoms with Crippen LogP contribution in [0.2, 0.25) is 0 Å². The van der Waals surface area contributed by atoms with E-state index in [-0.39, 0.29) is 26.2 Å². The molecule has 0 bridgehead atoms. The topological polar surface area (TPSA) is 261 Å². The van der Waals surface area contributed by atoms with Crippen LogP contribution >= 0.6 is 0 Å². The highest BCUT2D eigenvalue weighted by Gasteiger charge is 2.49. The lowest BCUT2D eigenvalue weighted by Crippen LogP contribution is -2.62. The molecule has 2 rings (SSSR count). The summed E-state index contributed by atoms with van der Waals surface area (Å²) in [5.74, 6) is -0.729. The number of azide groups is 1. The Bertz CT molecular complexity index is 864. The first-order valence-corrected chi connectivity index (χ1v) is 13.1. The fourth-order valence-corrected chi connectivity index (χ4v) is 4.29. The molecule has 2 heterocycles. The van der Waals surface area contributed by atoms with Crippen molar-refractivity contribution in [3.63, 3.8) is 0 Å². The van der Waals surface area contributed by atoms with Gasteiger partial charge < -0.3 is 64.0 Å². The summed E-state index contributed by atoms with van der Waals surface area (Å²) in [4.78, 5) is 27.7. The van der Waals surface area contributed by atoms with Gasteiger partial charge in [-0.25, -0.2) is 9.59 Å². The second-order valence-electron chi connectivity index (χ2n) is 9.33. The molecule has 2 aliphatic rings. The smallest absolute Gasteiger partial charge is 0.408 e. The molecule has 6 N–H and O–H groups in total. The minimum Gasteiger partial charge on any atom is -0.464 e. The number of amides is 1. The number of aliphatic hydroxyl groups is 5. The highest BCUT2D eigenvalue weighted by atomic mass is 16.7. The first-order valence-electron chi connectivity index (χ1n) is 13.1. The van der Waals surface area contributed by atoms with Crippen LogP contribution in [0.5, 0.6) is 0 Å². The van der Waals surface area contributed by atoms with Gasteiger partial charge in [-0.3, -0.25) is 0 Å². The van der Waals surface area contributed by atoms with Crippen molar-refractivity contribution in [3.05, 3.63) is 10.4 Å². The number of alkyl carbamates (subject to hydrolysis) is 1. The predicted octanol–water partition coefficient (Wildman–Crippen LogP) is -1.94. The molecular weight excluding hydrogens is 556 g/mol. The highest BCUT2D eigenvalue weighted by Crippen LogP contribution is 2.27. The van der Waals surface area contributed by atoms with Crippen LogP contribution in [0, 0.1) is 0 Å². The van der Waals surface area contributed by atoms with Crippen LogP contribution in [0.15, 0.2) is 5.11 Å². The third kappa shape index (κ3) is 9.86. The number of nitrogens with one attached hydrogen (secondary N) is 1. The largest absolute Gasteiger partial charge is 0.464 e. The molecule has 0 saturated carbocycles. The Kier molecular flexibility index (Phi) is 14.9. The monoisotopic (exact) mass is 596 g/mol. The van der Waals surface area contributed by atoms with Gasteiger partial charge in [0.15, 0.2) is 18.7 Å². The Hall–Kier alpha value is -2.35. The molecule has 0 aliphatic carbocycles. The number of aliphatic hydroxyl groups excluding tert-OH is 5. The van der Waals surface area contributed by atoms with Gasteiger partial charge in [0.2, 0.25) is 0 Å². The minimum absolute atomic E-state index is 0.0565. The van der Waals surface area contributed by atoms with Gasteiger partial charge in [0.25, 0.3) is 0 Å². The van der Waals surface area contributed by atoms with Crippen molar-refractivity contribution in [1.82, 2.24) is 5.32 Å². The lowest BCUT2D eigenvalue weighted by atomic mass is 9.98. The van der Waals surface area contributed by atoms with E-state index in [4.69, 9.17) is 38.7 Å². The minimum atomic E-state index is -1.68. The first kappa shape index (κ1) is 34.8. The maximum Gasteiger partial charge on any atom is 0.408 e. The maximum atomic E-state index is 12.7. The van der Waals surface area contributed by atoms with E-state index in [0.717, 1.165) is 0 Å². The summed E-state index contributed by atoms with van der Waals surface area (Å²) in [6.07, 6.45) is -15.0. The number of rotatable bonds is 15. The van der Waals surface area contributed by atoms with Gasteiger partial charge in [0.05, 0.1) is 19.8 Å². The first-order chi connectivity index (χ1) is 19.6. The zero-order chi connectivity index (χ0) is 30.5. The number of methoxy groups -OCH3 is 2. The summed E-state index contributed by atoms with van der Waals surface area (Å²) in [6.45, 7) is 1.25. The summed E-state index contributed by atoms with van der Waals surface area (Å²) in [6, 6.07) is -1.12. The zero-order valence-corrected chi connectivity index (χ0v) is 23.1. The van der Waals surface area contributed by atoms with Gasteiger partial charge in [-0.1, -0.05) is 11.5 Å². The molecular formula is C23H40N4O14. The summed E-state index contributed by atoms with van der Waals surface area (Å²) < 4.78 is 36.8. The quantitative estimate of drug-likeness (QED) is 0.0395. The molecule has 236 valence electrons. The SMILES string of the molecule is CCOC(=O)[C@H](CCCCN=[N+]=[N-])NC(=O)O[C@@H]1C(O)[C@@H](OC)OC(CO[C@H]2OC(COC)[C@@H](O)[C@H](O)C2O)[C@H]1O. The van der Waals surface area contributed by atoms with E-state index in [1.807, 2.05) is 0 Å². The molecule has 0 spiro atoms. The van der Waals surface area contributed by atoms with E-state index >= 15 is 0 Å². The zero-order valence-electron chi connectivity index (χ0n) is 23.1. The van der Waals surface area contributed by atoms with E-state index < -0.39 is 86.1 Å². The molecule has 1 amide bonds. The molecule has 0 radical (unpaired) electrons. The Morgan fingerprint density at radius 1 is 0.951 bits per heavy atom. The summed E-state index contributed by atoms with van der Waals surface area (Å²) >= 11 is 0. The van der Waals surface area contributed by atoms with E-state index in [1.54, 1.807) is 6.92 Å². The standard InChI is InChI=1S/C23H40N4O14/c1-4-37-20(33)11(7-5-6-8-25-27-24)26-23(34)41-19-15(29)13(39-21(36-3)18(19)32)10-38-22-17(31)16(30)14(28)12(40-22)9-35-2/h11-19,21-22,28-32H,4-10H2,1-3H3,(H,26,34)/t11-,12?,13?,14+,15+,16-,17?,18?,19-,21-,22-/m0/s1. The van der Waals surface area contributed by atoms with Crippen molar-refractivity contribution in [2.45, 2.75) is 93.6 Å². The number of ether oxygens (including phenoxy) is 7. The number of carbonyl (C=O) groups excluding carboxylic acids is 2. The van der Waals surface area contributed by atoms with Crippen LogP contribution in [0.4, 0.5) is 4.79 Å². The van der Waals surface area contributed by atoms with Gasteiger partial charge >= 0.3 is 12.1 Å². The molecule has 2 saturated heterocycles. The fraction of sp³-hybridized carbons (Fsp3) is 0.913. The average molecular weight is 597 g/mol. The number of carbonyl (C=O) groups is 2. The lowest BCUT2D eigenvalue weighted by molar-refractivity contribution is -0.328. The molecule has 4 unspecified atom stereocenters. The van der Waals surface area contributed by atoms with Crippen LogP contribution in [0.25, 0.3) is 10.4 Å². The fourth-order valence-electron chi connectivity index (χ4n) is 4.29. The molecule has 18 heteroatoms. The van der Waals surface area contributed by atoms with Crippen LogP contribution in [-0.2, 0) is 38.0 Å². The normalized spacial score (nSPS) is 34.2. The van der Waals surface area contributed by atoms with Crippen molar-refractivity contribution in [2.24, 2.45) is 5.11 Å². The van der Waals surface area contributed by atoms with E-state index in [9.17, 15) is 35.1 Å². The van der Waals surface area contributed by atoms with Crippen LogP contribution in [-0.4, -0.2) is 146 Å². The molecule has 0 aromatic rings. The van der Waals surface area contributed by atoms with Gasteiger partial charge in [-0.2, -0.15) is 0 Å². The molecule has 41 heavy (non-hydrogen) atoms. The molecule has 11 atom stereocenters. The number of nitrogens with zero attached hydrogens (tertiary/aromatic N) is 3. The maximum absolute atomic E-state index is 12.7. The van der Waals surface area contributed by atoms with Gasteiger partial charge in [-0.15, -0.1) is 0 Å². The molecule has 18 nitrogen and oxygen atoms in total. The number of unbranched alkanes of at least 4 members (excludes halogenated alkanes) is 1.